The maximum atomic E-state index is 12.7. The van der Waals surface area contributed by atoms with Gasteiger partial charge in [-0.2, -0.15) is 12.6 Å². The van der Waals surface area contributed by atoms with E-state index in [0.29, 0.717) is 58.8 Å². The van der Waals surface area contributed by atoms with Crippen LogP contribution >= 0.6 is 35.2 Å². The van der Waals surface area contributed by atoms with Crippen LogP contribution in [-0.2, 0) is 30.3 Å². The van der Waals surface area contributed by atoms with Crippen LogP contribution in [0, 0.1) is 3.57 Å². The molecule has 0 aliphatic heterocycles. The third-order valence-electron chi connectivity index (χ3n) is 5.97. The zero-order valence-corrected chi connectivity index (χ0v) is 28.0. The van der Waals surface area contributed by atoms with Crippen molar-refractivity contribution in [2.24, 2.45) is 0 Å². The Morgan fingerprint density at radius 3 is 2.05 bits per heavy atom. The van der Waals surface area contributed by atoms with Crippen LogP contribution in [0.4, 0.5) is 0 Å². The number of nitrogens with one attached hydrogen (secondary N) is 3. The molecule has 1 atom stereocenters. The lowest BCUT2D eigenvalue weighted by Gasteiger charge is -2.31. The molecule has 1 aromatic carbocycles. The summed E-state index contributed by atoms with van der Waals surface area (Å²) in [4.78, 5) is 36.7. The number of thiol groups is 1. The summed E-state index contributed by atoms with van der Waals surface area (Å²) in [5.41, 5.74) is 1.08. The van der Waals surface area contributed by atoms with E-state index in [2.05, 4.69) is 75.4 Å². The lowest BCUT2D eigenvalue weighted by Crippen LogP contribution is -2.52. The van der Waals surface area contributed by atoms with Crippen LogP contribution in [0.25, 0.3) is 0 Å². The molecule has 2 amide bonds. The van der Waals surface area contributed by atoms with Crippen molar-refractivity contribution >= 4 is 52.8 Å². The second-order valence-electron chi connectivity index (χ2n) is 11.5. The third-order valence-corrected chi connectivity index (χ3v) is 6.90. The van der Waals surface area contributed by atoms with Crippen molar-refractivity contribution in [1.29, 1.82) is 0 Å². The first-order valence-corrected chi connectivity index (χ1v) is 15.8. The number of benzene rings is 1. The summed E-state index contributed by atoms with van der Waals surface area (Å²) in [6.07, 6.45) is 4.83. The maximum absolute atomic E-state index is 12.7. The van der Waals surface area contributed by atoms with E-state index >= 15 is 0 Å². The Labute approximate surface area is 260 Å². The summed E-state index contributed by atoms with van der Waals surface area (Å²) in [5.74, 6) is 0.0699. The molecule has 0 heterocycles. The predicted octanol–water partition coefficient (Wildman–Crippen LogP) is 4.47. The molecular weight excluding hydrogens is 641 g/mol. The fraction of sp³-hybridized carbons (Fsp3) is 0.700. The molecule has 0 aliphatic rings. The van der Waals surface area contributed by atoms with Crippen LogP contribution < -0.4 is 16.0 Å². The van der Waals surface area contributed by atoms with Gasteiger partial charge in [0.15, 0.2) is 5.78 Å². The lowest BCUT2D eigenvalue weighted by molar-refractivity contribution is -0.124. The number of carbonyl (C=O) groups excluding carboxylic acids is 3. The van der Waals surface area contributed by atoms with Crippen LogP contribution in [0.2, 0.25) is 0 Å². The van der Waals surface area contributed by atoms with Crippen LogP contribution in [0.1, 0.15) is 78.7 Å². The summed E-state index contributed by atoms with van der Waals surface area (Å²) in [6, 6.07) is 8.09. The molecule has 10 heteroatoms. The Bertz CT molecular complexity index is 885. The Hall–Kier alpha value is -1.21. The summed E-state index contributed by atoms with van der Waals surface area (Å²) >= 11 is 6.73. The molecule has 0 saturated heterocycles. The third kappa shape index (κ3) is 19.0. The molecule has 0 radical (unpaired) electrons. The van der Waals surface area contributed by atoms with Gasteiger partial charge in [0.2, 0.25) is 11.8 Å². The highest BCUT2D eigenvalue weighted by molar-refractivity contribution is 14.1. The van der Waals surface area contributed by atoms with Crippen molar-refractivity contribution in [3.8, 4) is 0 Å². The van der Waals surface area contributed by atoms with E-state index in [4.69, 9.17) is 9.47 Å². The van der Waals surface area contributed by atoms with Gasteiger partial charge in [-0.05, 0) is 107 Å². The van der Waals surface area contributed by atoms with Gasteiger partial charge in [-0.1, -0.05) is 12.1 Å². The second kappa shape index (κ2) is 19.8. The minimum absolute atomic E-state index is 0.0351. The zero-order chi connectivity index (χ0) is 30.0. The molecule has 0 bridgehead atoms. The fourth-order valence-corrected chi connectivity index (χ4v) is 4.46. The van der Waals surface area contributed by atoms with Gasteiger partial charge in [-0.25, -0.2) is 0 Å². The number of carbonyl (C=O) groups is 3. The van der Waals surface area contributed by atoms with E-state index in [9.17, 15) is 14.4 Å². The first-order chi connectivity index (χ1) is 18.8. The van der Waals surface area contributed by atoms with E-state index in [-0.39, 0.29) is 29.2 Å². The van der Waals surface area contributed by atoms with Gasteiger partial charge < -0.3 is 25.4 Å². The molecule has 1 aromatic rings. The van der Waals surface area contributed by atoms with Gasteiger partial charge in [0.05, 0.1) is 37.2 Å². The van der Waals surface area contributed by atoms with Crippen LogP contribution in [-0.4, -0.2) is 73.4 Å². The average molecular weight is 692 g/mol. The van der Waals surface area contributed by atoms with Gasteiger partial charge in [-0.3, -0.25) is 14.4 Å². The van der Waals surface area contributed by atoms with Gasteiger partial charge in [0, 0.05) is 35.0 Å². The smallest absolute Gasteiger partial charge is 0.222 e. The van der Waals surface area contributed by atoms with Crippen LogP contribution in [0.5, 0.6) is 0 Å². The number of ketones is 1. The number of amides is 2. The molecule has 0 aromatic heterocycles. The molecule has 228 valence electrons. The maximum Gasteiger partial charge on any atom is 0.222 e. The predicted molar refractivity (Wildman–Crippen MR) is 173 cm³/mol. The first-order valence-electron chi connectivity index (χ1n) is 14.3. The number of ether oxygens (including phenoxy) is 2. The Balaban J connectivity index is 2.00. The second-order valence-corrected chi connectivity index (χ2v) is 13.9. The van der Waals surface area contributed by atoms with Crippen LogP contribution in [0.15, 0.2) is 24.3 Å². The first kappa shape index (κ1) is 36.8. The minimum Gasteiger partial charge on any atom is -0.379 e. The molecular formula is C30H50IN3O5S. The van der Waals surface area contributed by atoms with E-state index in [1.165, 1.54) is 9.13 Å². The molecule has 0 aliphatic carbocycles. The van der Waals surface area contributed by atoms with E-state index in [1.54, 1.807) is 0 Å². The zero-order valence-electron chi connectivity index (χ0n) is 24.9. The highest BCUT2D eigenvalue weighted by atomic mass is 127. The number of Topliss-reactive ketones (excluding diaryl/α,β-unsaturated/α-hetero) is 1. The van der Waals surface area contributed by atoms with Crippen molar-refractivity contribution in [3.05, 3.63) is 33.4 Å². The van der Waals surface area contributed by atoms with Crippen molar-refractivity contribution in [1.82, 2.24) is 16.0 Å². The van der Waals surface area contributed by atoms with Crippen LogP contribution in [0.3, 0.4) is 0 Å². The normalized spacial score (nSPS) is 12.7. The fourth-order valence-electron chi connectivity index (χ4n) is 3.95. The standard InChI is InChI=1S/C30H50IN3O5S/c1-29(2,3)34-25(28(37)30(4,5)40)10-6-7-17-32-27(36)16-19-38-21-22-39-20-18-33-26(35)11-8-9-23-12-14-24(31)15-13-23/h12-15,25,34,40H,6-11,16-22H2,1-5H3,(H,32,36)(H,33,35). The molecule has 0 spiro atoms. The number of hydrogen-bond acceptors (Lipinski definition) is 7. The molecule has 1 rings (SSSR count). The van der Waals surface area contributed by atoms with E-state index in [1.807, 2.05) is 34.6 Å². The largest absolute Gasteiger partial charge is 0.379 e. The highest BCUT2D eigenvalue weighted by Crippen LogP contribution is 2.20. The average Bonchev–Trinajstić information content (AvgIpc) is 2.86. The van der Waals surface area contributed by atoms with Gasteiger partial charge in [0.1, 0.15) is 0 Å². The number of aryl methyl sites for hydroxylation is 1. The van der Waals surface area contributed by atoms with Gasteiger partial charge in [-0.15, -0.1) is 0 Å². The van der Waals surface area contributed by atoms with Crippen molar-refractivity contribution in [3.63, 3.8) is 0 Å². The monoisotopic (exact) mass is 691 g/mol. The molecule has 0 fully saturated rings. The summed E-state index contributed by atoms with van der Waals surface area (Å²) < 4.78 is 11.5. The summed E-state index contributed by atoms with van der Waals surface area (Å²) in [7, 11) is 0. The Morgan fingerprint density at radius 1 is 0.825 bits per heavy atom. The van der Waals surface area contributed by atoms with Crippen molar-refractivity contribution < 1.29 is 23.9 Å². The number of hydrogen-bond donors (Lipinski definition) is 4. The number of rotatable bonds is 21. The summed E-state index contributed by atoms with van der Waals surface area (Å²) in [6.45, 7) is 12.4. The Kier molecular flexibility index (Phi) is 18.2. The van der Waals surface area contributed by atoms with E-state index < -0.39 is 4.75 Å². The quantitative estimate of drug-likeness (QED) is 0.0862. The molecule has 1 unspecified atom stereocenters. The van der Waals surface area contributed by atoms with Gasteiger partial charge in [0.25, 0.3) is 0 Å². The Morgan fingerprint density at radius 2 is 1.43 bits per heavy atom. The van der Waals surface area contributed by atoms with Crippen molar-refractivity contribution in [2.75, 3.05) is 39.5 Å². The SMILES string of the molecule is CC(C)(C)NC(CCCCNC(=O)CCOCCOCCNC(=O)CCCc1ccc(I)cc1)C(=O)C(C)(C)S. The lowest BCUT2D eigenvalue weighted by atomic mass is 9.94. The number of unbranched alkanes of at least 4 members (excludes halogenated alkanes) is 1. The number of halogens is 1. The highest BCUT2D eigenvalue weighted by Gasteiger charge is 2.32. The molecule has 0 saturated carbocycles. The van der Waals surface area contributed by atoms with E-state index in [0.717, 1.165) is 25.7 Å². The van der Waals surface area contributed by atoms with Crippen molar-refractivity contribution in [2.45, 2.75) is 95.9 Å². The molecule has 3 N–H and O–H groups in total. The summed E-state index contributed by atoms with van der Waals surface area (Å²) in [5, 5.41) is 9.18. The molecule has 40 heavy (non-hydrogen) atoms. The van der Waals surface area contributed by atoms with Gasteiger partial charge >= 0.3 is 0 Å². The molecule has 8 nitrogen and oxygen atoms in total. The minimum atomic E-state index is -0.694. The topological polar surface area (TPSA) is 106 Å².